The number of rotatable bonds is 5. The summed E-state index contributed by atoms with van der Waals surface area (Å²) in [4.78, 5) is 16.7. The van der Waals surface area contributed by atoms with Crippen LogP contribution in [-0.2, 0) is 0 Å². The number of furan rings is 1. The number of carbonyl (C=O) groups excluding carboxylic acids is 1. The Morgan fingerprint density at radius 2 is 2.22 bits per heavy atom. The van der Waals surface area contributed by atoms with Crippen LogP contribution in [0.15, 0.2) is 63.2 Å². The Hall–Kier alpha value is -2.51. The van der Waals surface area contributed by atoms with Gasteiger partial charge in [-0.1, -0.05) is 29.4 Å². The van der Waals surface area contributed by atoms with E-state index in [1.807, 2.05) is 12.1 Å². The molecule has 0 radical (unpaired) electrons. The number of halogens is 1. The smallest absolute Gasteiger partial charge is 0.224 e. The minimum Gasteiger partial charge on any atom is -0.504 e. The fraction of sp³-hybridized carbons (Fsp3) is 0. The van der Waals surface area contributed by atoms with E-state index in [1.165, 1.54) is 18.1 Å². The van der Waals surface area contributed by atoms with Crippen LogP contribution in [-0.4, -0.2) is 26.1 Å². The van der Waals surface area contributed by atoms with Gasteiger partial charge in [0.25, 0.3) is 0 Å². The molecule has 3 rings (SSSR count). The monoisotopic (exact) mass is 347 g/mol. The summed E-state index contributed by atoms with van der Waals surface area (Å²) in [6.07, 6.45) is 2.25. The number of aromatic amines is 1. The number of nitrogens with one attached hydrogen (secondary N) is 1. The van der Waals surface area contributed by atoms with E-state index in [1.54, 1.807) is 24.3 Å². The standard InChI is InChI=1S/C15H10ClN3O3S/c16-9-2-1-3-10(6-9)23-14-5-4-13(22-14)11(20)7-12(21)15-17-8-18-19-15/h1-8,21H,(H,17,18,19). The molecule has 2 heterocycles. The number of allylic oxidation sites excluding steroid dienone is 1. The van der Waals surface area contributed by atoms with E-state index in [9.17, 15) is 9.90 Å². The maximum atomic E-state index is 12.0. The molecule has 0 aliphatic heterocycles. The lowest BCUT2D eigenvalue weighted by Crippen LogP contribution is -1.95. The molecule has 0 unspecified atom stereocenters. The first-order valence-corrected chi connectivity index (χ1v) is 7.65. The molecule has 3 aromatic rings. The molecular weight excluding hydrogens is 338 g/mol. The van der Waals surface area contributed by atoms with Gasteiger partial charge in [0.05, 0.1) is 0 Å². The quantitative estimate of drug-likeness (QED) is 0.412. The van der Waals surface area contributed by atoms with Gasteiger partial charge < -0.3 is 9.52 Å². The Balaban J connectivity index is 1.74. The van der Waals surface area contributed by atoms with Crippen molar-refractivity contribution in [1.82, 2.24) is 15.2 Å². The van der Waals surface area contributed by atoms with Gasteiger partial charge >= 0.3 is 0 Å². The summed E-state index contributed by atoms with van der Waals surface area (Å²) >= 11 is 7.27. The first-order chi connectivity index (χ1) is 11.1. The summed E-state index contributed by atoms with van der Waals surface area (Å²) in [6, 6.07) is 10.5. The molecule has 116 valence electrons. The highest BCUT2D eigenvalue weighted by Crippen LogP contribution is 2.30. The number of ketones is 1. The Bertz CT molecular complexity index is 858. The van der Waals surface area contributed by atoms with Gasteiger partial charge in [0.1, 0.15) is 6.33 Å². The summed E-state index contributed by atoms with van der Waals surface area (Å²) in [7, 11) is 0. The molecular formula is C15H10ClN3O3S. The van der Waals surface area contributed by atoms with Crippen molar-refractivity contribution in [3.63, 3.8) is 0 Å². The van der Waals surface area contributed by atoms with E-state index < -0.39 is 5.78 Å². The topological polar surface area (TPSA) is 92.0 Å². The minimum atomic E-state index is -0.475. The van der Waals surface area contributed by atoms with Crippen LogP contribution in [0, 0.1) is 0 Å². The zero-order valence-electron chi connectivity index (χ0n) is 11.6. The van der Waals surface area contributed by atoms with E-state index in [0.29, 0.717) is 10.1 Å². The van der Waals surface area contributed by atoms with Gasteiger partial charge in [-0.15, -0.1) is 0 Å². The summed E-state index contributed by atoms with van der Waals surface area (Å²) in [5.41, 5.74) is 0. The van der Waals surface area contributed by atoms with Crippen LogP contribution < -0.4 is 0 Å². The highest BCUT2D eigenvalue weighted by molar-refractivity contribution is 7.99. The molecule has 0 saturated heterocycles. The van der Waals surface area contributed by atoms with E-state index >= 15 is 0 Å². The maximum absolute atomic E-state index is 12.0. The molecule has 6 nitrogen and oxygen atoms in total. The first-order valence-electron chi connectivity index (χ1n) is 6.46. The van der Waals surface area contributed by atoms with Crippen LogP contribution in [0.1, 0.15) is 16.4 Å². The van der Waals surface area contributed by atoms with Crippen molar-refractivity contribution >= 4 is 34.9 Å². The third kappa shape index (κ3) is 3.82. The van der Waals surface area contributed by atoms with Crippen LogP contribution in [0.4, 0.5) is 0 Å². The molecule has 0 aliphatic rings. The molecule has 0 saturated carbocycles. The molecule has 0 amide bonds. The second-order valence-corrected chi connectivity index (χ2v) is 5.92. The fourth-order valence-electron chi connectivity index (χ4n) is 1.75. The number of aliphatic hydroxyl groups excluding tert-OH is 1. The second kappa shape index (κ2) is 6.72. The molecule has 0 fully saturated rings. The van der Waals surface area contributed by atoms with Crippen LogP contribution in [0.5, 0.6) is 0 Å². The Labute approximate surface area is 140 Å². The molecule has 2 aromatic heterocycles. The number of H-pyrrole nitrogens is 1. The SMILES string of the molecule is O=C(C=C(O)c1ncn[nH]1)c1ccc(Sc2cccc(Cl)c2)o1. The van der Waals surface area contributed by atoms with Crippen LogP contribution in [0.2, 0.25) is 5.02 Å². The molecule has 1 aromatic carbocycles. The van der Waals surface area contributed by atoms with Crippen LogP contribution >= 0.6 is 23.4 Å². The molecule has 0 atom stereocenters. The van der Waals surface area contributed by atoms with Gasteiger partial charge in [0.2, 0.25) is 5.78 Å². The molecule has 2 N–H and O–H groups in total. The van der Waals surface area contributed by atoms with Crippen molar-refractivity contribution < 1.29 is 14.3 Å². The Morgan fingerprint density at radius 1 is 1.35 bits per heavy atom. The van der Waals surface area contributed by atoms with E-state index in [2.05, 4.69) is 15.2 Å². The van der Waals surface area contributed by atoms with E-state index in [0.717, 1.165) is 11.0 Å². The average molecular weight is 348 g/mol. The van der Waals surface area contributed by atoms with Crippen LogP contribution in [0.3, 0.4) is 0 Å². The zero-order valence-corrected chi connectivity index (χ0v) is 13.1. The van der Waals surface area contributed by atoms with Crippen molar-refractivity contribution in [2.45, 2.75) is 9.99 Å². The van der Waals surface area contributed by atoms with Gasteiger partial charge in [0.15, 0.2) is 22.4 Å². The van der Waals surface area contributed by atoms with Crippen molar-refractivity contribution in [3.05, 3.63) is 65.4 Å². The number of nitrogens with zero attached hydrogens (tertiary/aromatic N) is 2. The first kappa shape index (κ1) is 15.4. The van der Waals surface area contributed by atoms with Crippen molar-refractivity contribution in [2.24, 2.45) is 0 Å². The van der Waals surface area contributed by atoms with Crippen molar-refractivity contribution in [3.8, 4) is 0 Å². The number of aliphatic hydroxyl groups is 1. The summed E-state index contributed by atoms with van der Waals surface area (Å²) in [5.74, 6) is -0.566. The number of benzene rings is 1. The fourth-order valence-corrected chi connectivity index (χ4v) is 2.83. The maximum Gasteiger partial charge on any atom is 0.224 e. The summed E-state index contributed by atoms with van der Waals surface area (Å²) < 4.78 is 5.48. The largest absolute Gasteiger partial charge is 0.504 e. The van der Waals surface area contributed by atoms with Gasteiger partial charge in [0, 0.05) is 16.0 Å². The number of aromatic nitrogens is 3. The summed E-state index contributed by atoms with van der Waals surface area (Å²) in [6.45, 7) is 0. The third-order valence-corrected chi connectivity index (χ3v) is 3.91. The second-order valence-electron chi connectivity index (χ2n) is 4.41. The molecule has 0 bridgehead atoms. The van der Waals surface area contributed by atoms with E-state index in [4.69, 9.17) is 16.0 Å². The third-order valence-electron chi connectivity index (χ3n) is 2.76. The Morgan fingerprint density at radius 3 is 2.96 bits per heavy atom. The average Bonchev–Trinajstić information content (AvgIpc) is 3.18. The van der Waals surface area contributed by atoms with Gasteiger partial charge in [-0.05, 0) is 30.3 Å². The molecule has 0 spiro atoms. The zero-order chi connectivity index (χ0) is 16.2. The highest BCUT2D eigenvalue weighted by Gasteiger charge is 2.13. The highest BCUT2D eigenvalue weighted by atomic mass is 35.5. The van der Waals surface area contributed by atoms with Crippen molar-refractivity contribution in [1.29, 1.82) is 0 Å². The number of hydrogen-bond acceptors (Lipinski definition) is 6. The molecule has 0 aliphatic carbocycles. The lowest BCUT2D eigenvalue weighted by Gasteiger charge is -1.98. The predicted molar refractivity (Wildman–Crippen MR) is 85.6 cm³/mol. The summed E-state index contributed by atoms with van der Waals surface area (Å²) in [5, 5.41) is 17.0. The molecule has 23 heavy (non-hydrogen) atoms. The van der Waals surface area contributed by atoms with Gasteiger partial charge in [-0.3, -0.25) is 9.89 Å². The van der Waals surface area contributed by atoms with Gasteiger partial charge in [-0.25, -0.2) is 4.98 Å². The number of hydrogen-bond donors (Lipinski definition) is 2. The van der Waals surface area contributed by atoms with Crippen molar-refractivity contribution in [2.75, 3.05) is 0 Å². The predicted octanol–water partition coefficient (Wildman–Crippen LogP) is 3.98. The Kier molecular flexibility index (Phi) is 4.50. The lowest BCUT2D eigenvalue weighted by atomic mass is 10.2. The van der Waals surface area contributed by atoms with E-state index in [-0.39, 0.29) is 17.3 Å². The number of carbonyl (C=O) groups is 1. The normalized spacial score (nSPS) is 11.6. The minimum absolute atomic E-state index is 0.110. The van der Waals surface area contributed by atoms with Gasteiger partial charge in [-0.2, -0.15) is 5.10 Å². The molecule has 8 heteroatoms. The lowest BCUT2D eigenvalue weighted by molar-refractivity contribution is 0.101. The van der Waals surface area contributed by atoms with Crippen LogP contribution in [0.25, 0.3) is 5.76 Å².